The maximum Gasteiger partial charge on any atom is 1.00 e. The third kappa shape index (κ3) is 15.3. The van der Waals surface area contributed by atoms with Gasteiger partial charge in [-0.1, -0.05) is 110 Å². The Bertz CT molecular complexity index is 585. The Balaban J connectivity index is 0. The molecule has 0 aromatic heterocycles. The van der Waals surface area contributed by atoms with E-state index in [1.165, 1.54) is 70.6 Å². The SMILES string of the molecule is CCCCCCCCCCCCCCCCCCC(CC(=O)[O-])(C(N)=O)S(=O)(=O)O.[Na+]. The fourth-order valence-electron chi connectivity index (χ4n) is 3.84. The number of carboxylic acids is 1. The molecule has 3 N–H and O–H groups in total. The van der Waals surface area contributed by atoms with Gasteiger partial charge in [0.05, 0.1) is 0 Å². The zero-order chi connectivity index (χ0) is 22.9. The van der Waals surface area contributed by atoms with Gasteiger partial charge in [0.15, 0.2) is 4.75 Å². The van der Waals surface area contributed by atoms with Gasteiger partial charge in [-0.15, -0.1) is 0 Å². The van der Waals surface area contributed by atoms with Crippen LogP contribution in [0.1, 0.15) is 122 Å². The van der Waals surface area contributed by atoms with Crippen molar-refractivity contribution in [3.63, 3.8) is 0 Å². The maximum absolute atomic E-state index is 11.6. The third-order valence-electron chi connectivity index (χ3n) is 5.81. The average Bonchev–Trinajstić information content (AvgIpc) is 2.65. The van der Waals surface area contributed by atoms with Crippen molar-refractivity contribution in [1.82, 2.24) is 0 Å². The first kappa shape index (κ1) is 33.0. The molecule has 0 aromatic rings. The number of carboxylic acid groups (broad SMARTS) is 1. The molecular weight excluding hydrogens is 429 g/mol. The molecule has 31 heavy (non-hydrogen) atoms. The van der Waals surface area contributed by atoms with E-state index in [0.717, 1.165) is 19.3 Å². The summed E-state index contributed by atoms with van der Waals surface area (Å²) >= 11 is 0. The van der Waals surface area contributed by atoms with Gasteiger partial charge < -0.3 is 15.6 Å². The smallest absolute Gasteiger partial charge is 0.550 e. The minimum atomic E-state index is -4.94. The van der Waals surface area contributed by atoms with Crippen LogP contribution in [0.4, 0.5) is 0 Å². The predicted octanol–water partition coefficient (Wildman–Crippen LogP) is 0.894. The first-order valence-electron chi connectivity index (χ1n) is 11.6. The second kappa shape index (κ2) is 19.3. The number of carbonyl (C=O) groups excluding carboxylic acids is 2. The molecule has 0 radical (unpaired) electrons. The molecular formula is C22H42NNaO6S. The zero-order valence-corrected chi connectivity index (χ0v) is 22.5. The van der Waals surface area contributed by atoms with Gasteiger partial charge in [0.2, 0.25) is 5.91 Å². The van der Waals surface area contributed by atoms with Crippen LogP contribution in [-0.2, 0) is 19.7 Å². The largest absolute Gasteiger partial charge is 1.00 e. The molecule has 7 nitrogen and oxygen atoms in total. The second-order valence-corrected chi connectivity index (χ2v) is 10.2. The Morgan fingerprint density at radius 2 is 1.10 bits per heavy atom. The minimum absolute atomic E-state index is 0. The number of unbranched alkanes of at least 4 members (excludes halogenated alkanes) is 15. The van der Waals surface area contributed by atoms with Crippen LogP contribution in [0.3, 0.4) is 0 Å². The van der Waals surface area contributed by atoms with Crippen molar-refractivity contribution < 1.29 is 57.2 Å². The topological polar surface area (TPSA) is 138 Å². The number of primary amides is 1. The van der Waals surface area contributed by atoms with Gasteiger partial charge >= 0.3 is 29.6 Å². The number of hydrogen-bond acceptors (Lipinski definition) is 5. The normalized spacial score (nSPS) is 13.4. The van der Waals surface area contributed by atoms with Crippen molar-refractivity contribution >= 4 is 22.0 Å². The molecule has 0 aliphatic rings. The molecule has 0 spiro atoms. The first-order valence-corrected chi connectivity index (χ1v) is 13.1. The van der Waals surface area contributed by atoms with Gasteiger partial charge in [-0.2, -0.15) is 8.42 Å². The fraction of sp³-hybridized carbons (Fsp3) is 0.909. The maximum atomic E-state index is 11.6. The molecule has 178 valence electrons. The Morgan fingerprint density at radius 3 is 1.35 bits per heavy atom. The van der Waals surface area contributed by atoms with Crippen LogP contribution in [0.2, 0.25) is 0 Å². The molecule has 0 saturated carbocycles. The van der Waals surface area contributed by atoms with Gasteiger partial charge in [-0.05, 0) is 6.42 Å². The fourth-order valence-corrected chi connectivity index (χ4v) is 4.79. The number of nitrogens with two attached hydrogens (primary N) is 1. The van der Waals surface area contributed by atoms with Crippen molar-refractivity contribution in [3.05, 3.63) is 0 Å². The Hall–Kier alpha value is -0.150. The van der Waals surface area contributed by atoms with Crippen molar-refractivity contribution in [2.45, 2.75) is 127 Å². The number of hydrogen-bond donors (Lipinski definition) is 2. The van der Waals surface area contributed by atoms with Crippen LogP contribution < -0.4 is 40.4 Å². The summed E-state index contributed by atoms with van der Waals surface area (Å²) < 4.78 is 30.0. The molecule has 0 aliphatic heterocycles. The van der Waals surface area contributed by atoms with Crippen LogP contribution in [-0.4, -0.2) is 29.6 Å². The summed E-state index contributed by atoms with van der Waals surface area (Å²) in [7, 11) is -4.94. The van der Waals surface area contributed by atoms with Crippen molar-refractivity contribution in [3.8, 4) is 0 Å². The van der Waals surface area contributed by atoms with Gasteiger partial charge in [-0.25, -0.2) is 0 Å². The van der Waals surface area contributed by atoms with E-state index in [0.29, 0.717) is 12.8 Å². The van der Waals surface area contributed by atoms with E-state index in [4.69, 9.17) is 5.73 Å². The zero-order valence-electron chi connectivity index (χ0n) is 19.7. The molecule has 0 fully saturated rings. The summed E-state index contributed by atoms with van der Waals surface area (Å²) in [6.45, 7) is 2.23. The number of carbonyl (C=O) groups is 2. The van der Waals surface area contributed by atoms with Crippen LogP contribution in [0.15, 0.2) is 0 Å². The van der Waals surface area contributed by atoms with Crippen molar-refractivity contribution in [2.75, 3.05) is 0 Å². The van der Waals surface area contributed by atoms with Gasteiger partial charge in [0, 0.05) is 12.4 Å². The molecule has 1 amide bonds. The van der Waals surface area contributed by atoms with E-state index < -0.39 is 33.2 Å². The van der Waals surface area contributed by atoms with Crippen LogP contribution in [0.25, 0.3) is 0 Å². The summed E-state index contributed by atoms with van der Waals surface area (Å²) in [5.74, 6) is -3.09. The second-order valence-electron chi connectivity index (χ2n) is 8.44. The molecule has 0 saturated heterocycles. The molecule has 0 heterocycles. The number of rotatable bonds is 21. The van der Waals surface area contributed by atoms with Crippen LogP contribution in [0, 0.1) is 0 Å². The summed E-state index contributed by atoms with van der Waals surface area (Å²) in [5, 5.41) is 10.8. The Kier molecular flexibility index (Phi) is 20.6. The van der Waals surface area contributed by atoms with Crippen LogP contribution >= 0.6 is 0 Å². The van der Waals surface area contributed by atoms with Gasteiger partial charge in [-0.3, -0.25) is 9.35 Å². The van der Waals surface area contributed by atoms with E-state index in [-0.39, 0.29) is 36.0 Å². The Labute approximate surface area is 211 Å². The van der Waals surface area contributed by atoms with E-state index in [1.807, 2.05) is 0 Å². The molecule has 1 unspecified atom stereocenters. The summed E-state index contributed by atoms with van der Waals surface area (Å²) in [5.41, 5.74) is 5.10. The average molecular weight is 472 g/mol. The molecule has 0 aromatic carbocycles. The number of amides is 1. The van der Waals surface area contributed by atoms with E-state index in [9.17, 15) is 27.7 Å². The van der Waals surface area contributed by atoms with Crippen molar-refractivity contribution in [1.29, 1.82) is 0 Å². The molecule has 1 atom stereocenters. The summed E-state index contributed by atoms with van der Waals surface area (Å²) in [6, 6.07) is 0. The number of aliphatic carboxylic acids is 1. The minimum Gasteiger partial charge on any atom is -0.550 e. The third-order valence-corrected chi connectivity index (χ3v) is 7.34. The van der Waals surface area contributed by atoms with Gasteiger partial charge in [0.25, 0.3) is 10.1 Å². The van der Waals surface area contributed by atoms with E-state index >= 15 is 0 Å². The quantitative estimate of drug-likeness (QED) is 0.145. The van der Waals surface area contributed by atoms with Gasteiger partial charge in [0.1, 0.15) is 0 Å². The standard InChI is InChI=1S/C22H43NO6S.Na/c1-2-3-4-5-6-7-8-9-10-11-12-13-14-15-16-17-18-22(21(23)26,19-20(24)25)30(27,28)29;/h2-19H2,1H3,(H2,23,26)(H,24,25)(H,27,28,29);/q;+1/p-1. The summed E-state index contributed by atoms with van der Waals surface area (Å²) in [4.78, 5) is 22.4. The molecule has 0 aliphatic carbocycles. The first-order chi connectivity index (χ1) is 14.2. The predicted molar refractivity (Wildman–Crippen MR) is 117 cm³/mol. The van der Waals surface area contributed by atoms with Crippen LogP contribution in [0.5, 0.6) is 0 Å². The monoisotopic (exact) mass is 471 g/mol. The van der Waals surface area contributed by atoms with E-state index in [2.05, 4.69) is 6.92 Å². The molecule has 0 rings (SSSR count). The summed E-state index contributed by atoms with van der Waals surface area (Å²) in [6.07, 6.45) is 16.9. The van der Waals surface area contributed by atoms with Crippen molar-refractivity contribution in [2.24, 2.45) is 5.73 Å². The Morgan fingerprint density at radius 1 is 0.774 bits per heavy atom. The molecule has 9 heteroatoms. The van der Waals surface area contributed by atoms with E-state index in [1.54, 1.807) is 0 Å². The molecule has 0 bridgehead atoms.